The molecule has 0 unspecified atom stereocenters. The van der Waals surface area contributed by atoms with E-state index in [0.29, 0.717) is 11.2 Å². The van der Waals surface area contributed by atoms with Crippen LogP contribution >= 0.6 is 0 Å². The fourth-order valence-electron chi connectivity index (χ4n) is 2.63. The van der Waals surface area contributed by atoms with Gasteiger partial charge in [0.15, 0.2) is 5.65 Å². The molecule has 2 aromatic heterocycles. The van der Waals surface area contributed by atoms with E-state index < -0.39 is 12.0 Å². The number of fused-ring (bicyclic) bond motifs is 1. The van der Waals surface area contributed by atoms with Gasteiger partial charge < -0.3 is 4.57 Å². The Hall–Kier alpha value is -1.66. The minimum absolute atomic E-state index is 0.209. The van der Waals surface area contributed by atoms with Gasteiger partial charge in [-0.2, -0.15) is 13.2 Å². The van der Waals surface area contributed by atoms with Crippen LogP contribution < -0.4 is 0 Å². The first kappa shape index (κ1) is 12.4. The van der Waals surface area contributed by atoms with Crippen molar-refractivity contribution in [3.05, 3.63) is 17.8 Å². The van der Waals surface area contributed by atoms with Crippen molar-refractivity contribution < 1.29 is 13.2 Å². The normalized spacial score (nSPS) is 17.5. The highest BCUT2D eigenvalue weighted by Gasteiger charge is 2.36. The van der Waals surface area contributed by atoms with Gasteiger partial charge in [0.2, 0.25) is 5.82 Å². The molecule has 0 aromatic carbocycles. The van der Waals surface area contributed by atoms with Crippen molar-refractivity contribution in [2.45, 2.75) is 44.8 Å². The summed E-state index contributed by atoms with van der Waals surface area (Å²) < 4.78 is 40.0. The molecule has 1 saturated carbocycles. The summed E-state index contributed by atoms with van der Waals surface area (Å²) in [4.78, 5) is 11.3. The molecular formula is C12H13F3N4. The monoisotopic (exact) mass is 270 g/mol. The predicted molar refractivity (Wildman–Crippen MR) is 62.6 cm³/mol. The molecule has 0 radical (unpaired) electrons. The Labute approximate surface area is 107 Å². The number of hydrogen-bond acceptors (Lipinski definition) is 3. The molecule has 1 fully saturated rings. The lowest BCUT2D eigenvalue weighted by molar-refractivity contribution is -0.144. The molecule has 19 heavy (non-hydrogen) atoms. The SMILES string of the molecule is Cc1nc(C(F)(F)F)nc2c1ncn2C1CCCC1. The zero-order chi connectivity index (χ0) is 13.6. The Morgan fingerprint density at radius 2 is 1.89 bits per heavy atom. The van der Waals surface area contributed by atoms with Gasteiger partial charge in [-0.1, -0.05) is 12.8 Å². The van der Waals surface area contributed by atoms with Crippen molar-refractivity contribution in [1.82, 2.24) is 19.5 Å². The number of halogens is 3. The van der Waals surface area contributed by atoms with Gasteiger partial charge in [-0.3, -0.25) is 0 Å². The van der Waals surface area contributed by atoms with Crippen LogP contribution in [0, 0.1) is 6.92 Å². The number of alkyl halides is 3. The summed E-state index contributed by atoms with van der Waals surface area (Å²) in [5.41, 5.74) is 1.03. The summed E-state index contributed by atoms with van der Waals surface area (Å²) in [6.45, 7) is 1.53. The van der Waals surface area contributed by atoms with Crippen molar-refractivity contribution in [2.75, 3.05) is 0 Å². The highest BCUT2D eigenvalue weighted by Crippen LogP contribution is 2.33. The highest BCUT2D eigenvalue weighted by molar-refractivity contribution is 5.73. The van der Waals surface area contributed by atoms with Crippen LogP contribution in [-0.4, -0.2) is 19.5 Å². The van der Waals surface area contributed by atoms with E-state index in [0.717, 1.165) is 25.7 Å². The average molecular weight is 270 g/mol. The molecule has 2 aromatic rings. The fourth-order valence-corrected chi connectivity index (χ4v) is 2.63. The summed E-state index contributed by atoms with van der Waals surface area (Å²) >= 11 is 0. The van der Waals surface area contributed by atoms with E-state index in [4.69, 9.17) is 0 Å². The van der Waals surface area contributed by atoms with Crippen LogP contribution in [0.15, 0.2) is 6.33 Å². The molecule has 0 spiro atoms. The summed E-state index contributed by atoms with van der Waals surface area (Å²) in [6.07, 6.45) is 1.19. The van der Waals surface area contributed by atoms with E-state index >= 15 is 0 Å². The molecule has 3 rings (SSSR count). The third-order valence-electron chi connectivity index (χ3n) is 3.57. The van der Waals surface area contributed by atoms with Gasteiger partial charge in [0, 0.05) is 6.04 Å². The van der Waals surface area contributed by atoms with Crippen LogP contribution in [0.4, 0.5) is 13.2 Å². The number of imidazole rings is 1. The lowest BCUT2D eigenvalue weighted by atomic mass is 10.2. The van der Waals surface area contributed by atoms with Crippen molar-refractivity contribution in [1.29, 1.82) is 0 Å². The van der Waals surface area contributed by atoms with E-state index in [-0.39, 0.29) is 11.7 Å². The topological polar surface area (TPSA) is 43.6 Å². The number of rotatable bonds is 1. The molecule has 1 aliphatic carbocycles. The van der Waals surface area contributed by atoms with Gasteiger partial charge in [-0.25, -0.2) is 15.0 Å². The molecule has 0 saturated heterocycles. The van der Waals surface area contributed by atoms with Crippen molar-refractivity contribution in [2.24, 2.45) is 0 Å². The van der Waals surface area contributed by atoms with Crippen LogP contribution in [0.1, 0.15) is 43.2 Å². The molecule has 102 valence electrons. The van der Waals surface area contributed by atoms with Crippen molar-refractivity contribution >= 4 is 11.2 Å². The number of aryl methyl sites for hydroxylation is 1. The van der Waals surface area contributed by atoms with Gasteiger partial charge >= 0.3 is 6.18 Å². The third-order valence-corrected chi connectivity index (χ3v) is 3.57. The molecule has 0 atom stereocenters. The Balaban J connectivity index is 2.17. The summed E-state index contributed by atoms with van der Waals surface area (Å²) in [7, 11) is 0. The van der Waals surface area contributed by atoms with E-state index in [9.17, 15) is 13.2 Å². The second kappa shape index (κ2) is 4.18. The highest BCUT2D eigenvalue weighted by atomic mass is 19.4. The molecule has 4 nitrogen and oxygen atoms in total. The maximum atomic E-state index is 12.8. The Morgan fingerprint density at radius 3 is 2.53 bits per heavy atom. The fraction of sp³-hybridized carbons (Fsp3) is 0.583. The van der Waals surface area contributed by atoms with Crippen molar-refractivity contribution in [3.8, 4) is 0 Å². The maximum absolute atomic E-state index is 12.8. The van der Waals surface area contributed by atoms with Crippen LogP contribution in [0.5, 0.6) is 0 Å². The zero-order valence-corrected chi connectivity index (χ0v) is 10.4. The van der Waals surface area contributed by atoms with E-state index in [1.165, 1.54) is 6.92 Å². The van der Waals surface area contributed by atoms with Gasteiger partial charge in [0.25, 0.3) is 0 Å². The molecule has 7 heteroatoms. The number of hydrogen-bond donors (Lipinski definition) is 0. The average Bonchev–Trinajstić information content (AvgIpc) is 2.94. The number of aromatic nitrogens is 4. The van der Waals surface area contributed by atoms with Gasteiger partial charge in [-0.05, 0) is 19.8 Å². The second-order valence-electron chi connectivity index (χ2n) is 4.89. The number of nitrogens with zero attached hydrogens (tertiary/aromatic N) is 4. The molecule has 0 N–H and O–H groups in total. The van der Waals surface area contributed by atoms with Crippen LogP contribution in [0.3, 0.4) is 0 Å². The quantitative estimate of drug-likeness (QED) is 0.798. The van der Waals surface area contributed by atoms with Gasteiger partial charge in [0.1, 0.15) is 5.52 Å². The summed E-state index contributed by atoms with van der Waals surface area (Å²) in [5.74, 6) is -1.09. The van der Waals surface area contributed by atoms with Gasteiger partial charge in [-0.15, -0.1) is 0 Å². The Kier molecular flexibility index (Phi) is 2.72. The van der Waals surface area contributed by atoms with Crippen LogP contribution in [0.2, 0.25) is 0 Å². The van der Waals surface area contributed by atoms with E-state index in [1.807, 2.05) is 0 Å². The Morgan fingerprint density at radius 1 is 1.21 bits per heavy atom. The summed E-state index contributed by atoms with van der Waals surface area (Å²) in [5, 5.41) is 0. The van der Waals surface area contributed by atoms with Crippen molar-refractivity contribution in [3.63, 3.8) is 0 Å². The first-order valence-electron chi connectivity index (χ1n) is 6.25. The smallest absolute Gasteiger partial charge is 0.312 e. The van der Waals surface area contributed by atoms with E-state index in [2.05, 4.69) is 15.0 Å². The zero-order valence-electron chi connectivity index (χ0n) is 10.4. The lowest BCUT2D eigenvalue weighted by Gasteiger charge is -2.12. The Bertz CT molecular complexity index is 611. The van der Waals surface area contributed by atoms with Crippen LogP contribution in [0.25, 0.3) is 11.2 Å². The first-order valence-corrected chi connectivity index (χ1v) is 6.25. The third kappa shape index (κ3) is 2.06. The molecule has 0 bridgehead atoms. The largest absolute Gasteiger partial charge is 0.451 e. The molecule has 1 aliphatic rings. The maximum Gasteiger partial charge on any atom is 0.451 e. The molecular weight excluding hydrogens is 257 g/mol. The minimum atomic E-state index is -4.52. The minimum Gasteiger partial charge on any atom is -0.312 e. The van der Waals surface area contributed by atoms with Gasteiger partial charge in [0.05, 0.1) is 12.0 Å². The van der Waals surface area contributed by atoms with Crippen LogP contribution in [-0.2, 0) is 6.18 Å². The van der Waals surface area contributed by atoms with E-state index in [1.54, 1.807) is 10.9 Å². The first-order chi connectivity index (χ1) is 8.97. The molecule has 2 heterocycles. The molecule has 0 amide bonds. The lowest BCUT2D eigenvalue weighted by Crippen LogP contribution is -2.13. The second-order valence-corrected chi connectivity index (χ2v) is 4.89. The predicted octanol–water partition coefficient (Wildman–Crippen LogP) is 3.27. The molecule has 0 aliphatic heterocycles. The standard InChI is InChI=1S/C12H13F3N4/c1-7-9-10(18-11(17-7)12(13,14)15)19(6-16-9)8-4-2-3-5-8/h6,8H,2-5H2,1H3. The summed E-state index contributed by atoms with van der Waals surface area (Å²) in [6, 6.07) is 0.209.